The number of hydrogen-bond acceptors (Lipinski definition) is 4. The van der Waals surface area contributed by atoms with E-state index in [4.69, 9.17) is 0 Å². The molecule has 0 aliphatic heterocycles. The summed E-state index contributed by atoms with van der Waals surface area (Å²) in [5, 5.41) is 8.84. The molecule has 0 radical (unpaired) electrons. The summed E-state index contributed by atoms with van der Waals surface area (Å²) in [7, 11) is 0. The highest BCUT2D eigenvalue weighted by Crippen LogP contribution is 1.99. The first-order chi connectivity index (χ1) is 6.58. The van der Waals surface area contributed by atoms with Crippen LogP contribution in [0.1, 0.15) is 26.5 Å². The maximum atomic E-state index is 4.20. The highest BCUT2D eigenvalue weighted by atomic mass is 32.1. The molecule has 0 aliphatic rings. The van der Waals surface area contributed by atoms with Gasteiger partial charge in [0, 0.05) is 30.6 Å². The summed E-state index contributed by atoms with van der Waals surface area (Å²) in [6, 6.07) is 0. The number of nitrogens with zero attached hydrogens (tertiary/aromatic N) is 1. The van der Waals surface area contributed by atoms with Crippen LogP contribution >= 0.6 is 11.3 Å². The molecule has 0 fully saturated rings. The molecule has 4 heteroatoms. The lowest BCUT2D eigenvalue weighted by molar-refractivity contribution is 0.421. The van der Waals surface area contributed by atoms with Crippen molar-refractivity contribution < 1.29 is 0 Å². The number of nitrogens with one attached hydrogen (secondary N) is 2. The summed E-state index contributed by atoms with van der Waals surface area (Å²) in [5.74, 6) is 0. The van der Waals surface area contributed by atoms with Gasteiger partial charge in [0.2, 0.25) is 0 Å². The van der Waals surface area contributed by atoms with Crippen LogP contribution in [-0.4, -0.2) is 23.6 Å². The van der Waals surface area contributed by atoms with Crippen LogP contribution in [0.5, 0.6) is 0 Å². The van der Waals surface area contributed by atoms with Crippen molar-refractivity contribution in [2.45, 2.75) is 32.9 Å². The monoisotopic (exact) mass is 213 g/mol. The Bertz CT molecular complexity index is 238. The predicted octanol–water partition coefficient (Wildman–Crippen LogP) is 1.62. The van der Waals surface area contributed by atoms with Crippen LogP contribution < -0.4 is 10.6 Å². The minimum Gasteiger partial charge on any atom is -0.311 e. The number of rotatable bonds is 5. The second-order valence-electron chi connectivity index (χ2n) is 4.33. The van der Waals surface area contributed by atoms with Gasteiger partial charge in [-0.2, -0.15) is 0 Å². The van der Waals surface area contributed by atoms with Gasteiger partial charge in [0.05, 0.1) is 11.2 Å². The Morgan fingerprint density at radius 1 is 1.36 bits per heavy atom. The van der Waals surface area contributed by atoms with Gasteiger partial charge in [-0.3, -0.25) is 0 Å². The van der Waals surface area contributed by atoms with Crippen LogP contribution in [0, 0.1) is 0 Å². The minimum atomic E-state index is 0.211. The Hall–Kier alpha value is -0.450. The van der Waals surface area contributed by atoms with E-state index in [-0.39, 0.29) is 5.54 Å². The van der Waals surface area contributed by atoms with Gasteiger partial charge in [-0.25, -0.2) is 4.98 Å². The Balaban J connectivity index is 2.00. The second kappa shape index (κ2) is 5.44. The average molecular weight is 213 g/mol. The van der Waals surface area contributed by atoms with Crippen molar-refractivity contribution in [1.82, 2.24) is 15.6 Å². The number of hydrogen-bond donors (Lipinski definition) is 2. The minimum absolute atomic E-state index is 0.211. The molecule has 0 unspecified atom stereocenters. The van der Waals surface area contributed by atoms with Gasteiger partial charge in [-0.05, 0) is 20.8 Å². The van der Waals surface area contributed by atoms with Crippen molar-refractivity contribution in [2.75, 3.05) is 13.1 Å². The first-order valence-corrected chi connectivity index (χ1v) is 5.85. The van der Waals surface area contributed by atoms with Gasteiger partial charge in [0.15, 0.2) is 0 Å². The van der Waals surface area contributed by atoms with Crippen LogP contribution in [0.15, 0.2) is 10.9 Å². The van der Waals surface area contributed by atoms with E-state index < -0.39 is 0 Å². The zero-order valence-corrected chi connectivity index (χ0v) is 9.95. The molecule has 1 aromatic heterocycles. The van der Waals surface area contributed by atoms with Gasteiger partial charge in [-0.15, -0.1) is 11.3 Å². The zero-order chi connectivity index (χ0) is 10.4. The molecule has 0 saturated heterocycles. The van der Waals surface area contributed by atoms with Gasteiger partial charge in [0.25, 0.3) is 0 Å². The highest BCUT2D eigenvalue weighted by Gasteiger charge is 2.06. The van der Waals surface area contributed by atoms with Crippen LogP contribution in [-0.2, 0) is 6.54 Å². The van der Waals surface area contributed by atoms with E-state index >= 15 is 0 Å². The first-order valence-electron chi connectivity index (χ1n) is 4.91. The first kappa shape index (κ1) is 11.6. The Labute approximate surface area is 89.9 Å². The van der Waals surface area contributed by atoms with Crippen LogP contribution in [0.2, 0.25) is 0 Å². The Morgan fingerprint density at radius 3 is 2.71 bits per heavy atom. The van der Waals surface area contributed by atoms with Gasteiger partial charge in [0.1, 0.15) is 0 Å². The molecular weight excluding hydrogens is 194 g/mol. The molecular formula is C10H19N3S. The normalized spacial score (nSPS) is 11.9. The maximum Gasteiger partial charge on any atom is 0.0795 e. The van der Waals surface area contributed by atoms with Crippen molar-refractivity contribution in [2.24, 2.45) is 0 Å². The van der Waals surface area contributed by atoms with E-state index in [1.165, 1.54) is 0 Å². The predicted molar refractivity (Wildman–Crippen MR) is 61.6 cm³/mol. The van der Waals surface area contributed by atoms with E-state index in [1.54, 1.807) is 11.3 Å². The second-order valence-corrected chi connectivity index (χ2v) is 5.05. The molecule has 0 aromatic carbocycles. The molecule has 0 atom stereocenters. The van der Waals surface area contributed by atoms with Gasteiger partial charge < -0.3 is 10.6 Å². The molecule has 0 spiro atoms. The average Bonchev–Trinajstić information content (AvgIpc) is 2.54. The summed E-state index contributed by atoms with van der Waals surface area (Å²) in [6.45, 7) is 9.37. The standard InChI is InChI=1S/C10H19N3S/c1-10(2,3)13-5-4-11-6-9-7-14-8-12-9/h7-8,11,13H,4-6H2,1-3H3. The quantitative estimate of drug-likeness (QED) is 0.730. The third kappa shape index (κ3) is 5.32. The summed E-state index contributed by atoms with van der Waals surface area (Å²) in [5.41, 5.74) is 3.21. The van der Waals surface area contributed by atoms with Crippen molar-refractivity contribution in [3.8, 4) is 0 Å². The lowest BCUT2D eigenvalue weighted by Crippen LogP contribution is -2.40. The van der Waals surface area contributed by atoms with Crippen LogP contribution in [0.25, 0.3) is 0 Å². The molecule has 0 amide bonds. The fraction of sp³-hybridized carbons (Fsp3) is 0.700. The molecule has 0 bridgehead atoms. The van der Waals surface area contributed by atoms with Crippen molar-refractivity contribution in [1.29, 1.82) is 0 Å². The molecule has 2 N–H and O–H groups in total. The van der Waals surface area contributed by atoms with E-state index in [9.17, 15) is 0 Å². The zero-order valence-electron chi connectivity index (χ0n) is 9.13. The largest absolute Gasteiger partial charge is 0.311 e. The lowest BCUT2D eigenvalue weighted by Gasteiger charge is -2.20. The van der Waals surface area contributed by atoms with E-state index in [0.29, 0.717) is 0 Å². The molecule has 14 heavy (non-hydrogen) atoms. The summed E-state index contributed by atoms with van der Waals surface area (Å²) in [6.07, 6.45) is 0. The van der Waals surface area contributed by atoms with E-state index in [1.807, 2.05) is 5.51 Å². The smallest absolute Gasteiger partial charge is 0.0795 e. The third-order valence-electron chi connectivity index (χ3n) is 1.75. The fourth-order valence-electron chi connectivity index (χ4n) is 1.07. The summed E-state index contributed by atoms with van der Waals surface area (Å²) in [4.78, 5) is 4.20. The third-order valence-corrected chi connectivity index (χ3v) is 2.38. The lowest BCUT2D eigenvalue weighted by atomic mass is 10.1. The number of aromatic nitrogens is 1. The maximum absolute atomic E-state index is 4.20. The van der Waals surface area contributed by atoms with Crippen molar-refractivity contribution >= 4 is 11.3 Å². The van der Waals surface area contributed by atoms with Gasteiger partial charge >= 0.3 is 0 Å². The highest BCUT2D eigenvalue weighted by molar-refractivity contribution is 7.07. The molecule has 1 heterocycles. The fourth-order valence-corrected chi connectivity index (χ4v) is 1.63. The van der Waals surface area contributed by atoms with Crippen molar-refractivity contribution in [3.05, 3.63) is 16.6 Å². The molecule has 0 saturated carbocycles. The van der Waals surface area contributed by atoms with Gasteiger partial charge in [-0.1, -0.05) is 0 Å². The summed E-state index contributed by atoms with van der Waals surface area (Å²) >= 11 is 1.64. The SMILES string of the molecule is CC(C)(C)NCCNCc1cscn1. The molecule has 0 aliphatic carbocycles. The number of thiazole rings is 1. The molecule has 1 rings (SSSR count). The van der Waals surface area contributed by atoms with Crippen LogP contribution in [0.4, 0.5) is 0 Å². The molecule has 1 aromatic rings. The Morgan fingerprint density at radius 2 is 2.14 bits per heavy atom. The Kier molecular flexibility index (Phi) is 4.51. The van der Waals surface area contributed by atoms with Crippen LogP contribution in [0.3, 0.4) is 0 Å². The topological polar surface area (TPSA) is 37.0 Å². The van der Waals surface area contributed by atoms with E-state index in [0.717, 1.165) is 25.3 Å². The van der Waals surface area contributed by atoms with E-state index in [2.05, 4.69) is 41.8 Å². The van der Waals surface area contributed by atoms with Crippen molar-refractivity contribution in [3.63, 3.8) is 0 Å². The molecule has 80 valence electrons. The molecule has 3 nitrogen and oxygen atoms in total. The summed E-state index contributed by atoms with van der Waals surface area (Å²) < 4.78 is 0.